The maximum absolute atomic E-state index is 12.8. The van der Waals surface area contributed by atoms with Gasteiger partial charge in [-0.25, -0.2) is 0 Å². The number of anilines is 1. The maximum Gasteiger partial charge on any atom is 0.269 e. The highest BCUT2D eigenvalue weighted by Crippen LogP contribution is 2.49. The van der Waals surface area contributed by atoms with Crippen LogP contribution in [0.15, 0.2) is 53.6 Å². The molecular weight excluding hydrogens is 318 g/mol. The van der Waals surface area contributed by atoms with Crippen molar-refractivity contribution in [2.24, 2.45) is 5.10 Å². The lowest BCUT2D eigenvalue weighted by Gasteiger charge is -2.20. The molecule has 0 aliphatic carbocycles. The third kappa shape index (κ3) is 1.79. The molecule has 110 valence electrons. The molecule has 0 bridgehead atoms. The van der Waals surface area contributed by atoms with Crippen LogP contribution in [0.25, 0.3) is 0 Å². The number of hydrogen-bond donors (Lipinski definition) is 1. The smallest absolute Gasteiger partial charge is 0.269 e. The van der Waals surface area contributed by atoms with Crippen LogP contribution in [0.3, 0.4) is 0 Å². The normalized spacial score (nSPS) is 22.7. The number of likely N-dealkylation sites (N-methyl/N-ethyl adjacent to an activating group) is 1. The summed E-state index contributed by atoms with van der Waals surface area (Å²) in [6.07, 6.45) is 0. The Morgan fingerprint density at radius 2 is 1.91 bits per heavy atom. The lowest BCUT2D eigenvalue weighted by molar-refractivity contribution is -0.120. The second-order valence-electron chi connectivity index (χ2n) is 5.20. The highest BCUT2D eigenvalue weighted by molar-refractivity contribution is 8.16. The highest BCUT2D eigenvalue weighted by Gasteiger charge is 2.54. The van der Waals surface area contributed by atoms with E-state index in [1.165, 1.54) is 11.8 Å². The number of benzene rings is 2. The summed E-state index contributed by atoms with van der Waals surface area (Å²) in [4.78, 5) is 13.6. The number of thioether (sulfide) groups is 1. The molecule has 1 spiro atoms. The summed E-state index contributed by atoms with van der Waals surface area (Å²) in [7, 11) is 1.79. The minimum absolute atomic E-state index is 0.00795. The van der Waals surface area contributed by atoms with Gasteiger partial charge in [-0.2, -0.15) is 5.10 Å². The van der Waals surface area contributed by atoms with Gasteiger partial charge in [0.15, 0.2) is 0 Å². The fourth-order valence-electron chi connectivity index (χ4n) is 2.77. The zero-order valence-corrected chi connectivity index (χ0v) is 13.3. The van der Waals surface area contributed by atoms with E-state index in [4.69, 9.17) is 11.6 Å². The predicted molar refractivity (Wildman–Crippen MR) is 90.2 cm³/mol. The fourth-order valence-corrected chi connectivity index (χ4v) is 4.13. The van der Waals surface area contributed by atoms with Crippen LogP contribution in [0.1, 0.15) is 11.1 Å². The van der Waals surface area contributed by atoms with Crippen molar-refractivity contribution in [2.45, 2.75) is 4.87 Å². The van der Waals surface area contributed by atoms with E-state index in [9.17, 15) is 4.79 Å². The van der Waals surface area contributed by atoms with E-state index in [1.54, 1.807) is 11.9 Å². The van der Waals surface area contributed by atoms with Crippen molar-refractivity contribution >= 4 is 40.0 Å². The number of hydrazone groups is 1. The molecular formula is C16H12ClN3OS. The number of halogens is 1. The lowest BCUT2D eigenvalue weighted by Crippen LogP contribution is -2.43. The predicted octanol–water partition coefficient (Wildman–Crippen LogP) is 3.17. The Morgan fingerprint density at radius 1 is 1.18 bits per heavy atom. The van der Waals surface area contributed by atoms with E-state index in [0.29, 0.717) is 5.02 Å². The molecule has 1 N–H and O–H groups in total. The van der Waals surface area contributed by atoms with Crippen LogP contribution in [-0.4, -0.2) is 18.0 Å². The summed E-state index contributed by atoms with van der Waals surface area (Å²) in [5.41, 5.74) is 5.86. The molecule has 2 heterocycles. The van der Waals surface area contributed by atoms with Crippen molar-refractivity contribution < 1.29 is 4.79 Å². The zero-order valence-electron chi connectivity index (χ0n) is 11.7. The van der Waals surface area contributed by atoms with E-state index in [1.807, 2.05) is 48.5 Å². The Kier molecular flexibility index (Phi) is 2.96. The Bertz CT molecular complexity index is 805. The van der Waals surface area contributed by atoms with Gasteiger partial charge in [0.1, 0.15) is 5.04 Å². The number of hydrogen-bond acceptors (Lipinski definition) is 4. The minimum Gasteiger partial charge on any atom is -0.312 e. The summed E-state index contributed by atoms with van der Waals surface area (Å²) in [5.74, 6) is -0.00795. The van der Waals surface area contributed by atoms with Crippen molar-refractivity contribution in [3.8, 4) is 0 Å². The first-order chi connectivity index (χ1) is 10.6. The first kappa shape index (κ1) is 13.7. The SMILES string of the molecule is CN1C(=O)C2(NN=C(c3ccc(Cl)cc3)S2)c2ccccc21. The van der Waals surface area contributed by atoms with Gasteiger partial charge in [0.05, 0.1) is 5.69 Å². The number of carbonyl (C=O) groups is 1. The molecule has 1 unspecified atom stereocenters. The Labute approximate surface area is 137 Å². The molecule has 1 atom stereocenters. The Balaban J connectivity index is 1.74. The summed E-state index contributed by atoms with van der Waals surface area (Å²) in [6, 6.07) is 15.2. The summed E-state index contributed by atoms with van der Waals surface area (Å²) in [5, 5.41) is 5.86. The van der Waals surface area contributed by atoms with Gasteiger partial charge in [-0.05, 0) is 18.2 Å². The molecule has 0 fully saturated rings. The highest BCUT2D eigenvalue weighted by atomic mass is 35.5. The van der Waals surface area contributed by atoms with Crippen molar-refractivity contribution in [2.75, 3.05) is 11.9 Å². The molecule has 0 saturated carbocycles. The lowest BCUT2D eigenvalue weighted by atomic mass is 10.1. The van der Waals surface area contributed by atoms with Crippen LogP contribution in [-0.2, 0) is 9.67 Å². The van der Waals surface area contributed by atoms with E-state index in [2.05, 4.69) is 10.5 Å². The van der Waals surface area contributed by atoms with Gasteiger partial charge in [-0.1, -0.05) is 53.7 Å². The molecule has 0 saturated heterocycles. The molecule has 2 aliphatic heterocycles. The van der Waals surface area contributed by atoms with Gasteiger partial charge in [-0.3, -0.25) is 10.2 Å². The molecule has 0 radical (unpaired) electrons. The Hall–Kier alpha value is -1.98. The van der Waals surface area contributed by atoms with Gasteiger partial charge in [0, 0.05) is 23.2 Å². The van der Waals surface area contributed by atoms with Crippen LogP contribution in [0, 0.1) is 0 Å². The van der Waals surface area contributed by atoms with Crippen molar-refractivity contribution in [3.63, 3.8) is 0 Å². The summed E-state index contributed by atoms with van der Waals surface area (Å²) < 4.78 is 0. The number of carbonyl (C=O) groups excluding carboxylic acids is 1. The van der Waals surface area contributed by atoms with E-state index in [0.717, 1.165) is 21.9 Å². The third-order valence-corrected chi connectivity index (χ3v) is 5.47. The van der Waals surface area contributed by atoms with E-state index in [-0.39, 0.29) is 5.91 Å². The maximum atomic E-state index is 12.8. The zero-order chi connectivity index (χ0) is 15.3. The number of rotatable bonds is 1. The number of amides is 1. The first-order valence-corrected chi connectivity index (χ1v) is 7.99. The number of para-hydroxylation sites is 1. The van der Waals surface area contributed by atoms with Gasteiger partial charge in [0.2, 0.25) is 4.87 Å². The molecule has 2 aromatic carbocycles. The van der Waals surface area contributed by atoms with Crippen molar-refractivity contribution in [1.82, 2.24) is 5.43 Å². The number of nitrogens with one attached hydrogen (secondary N) is 1. The largest absolute Gasteiger partial charge is 0.312 e. The van der Waals surface area contributed by atoms with Crippen molar-refractivity contribution in [1.29, 1.82) is 0 Å². The number of nitrogens with zero attached hydrogens (tertiary/aromatic N) is 2. The van der Waals surface area contributed by atoms with Gasteiger partial charge in [-0.15, -0.1) is 0 Å². The van der Waals surface area contributed by atoms with Gasteiger partial charge in [0.25, 0.3) is 5.91 Å². The standard InChI is InChI=1S/C16H12ClN3OS/c1-20-13-5-3-2-4-12(13)16(15(20)21)19-18-14(22-16)10-6-8-11(17)9-7-10/h2-9,19H,1H3. The van der Waals surface area contributed by atoms with Crippen LogP contribution in [0.5, 0.6) is 0 Å². The average Bonchev–Trinajstić information content (AvgIpc) is 3.07. The fraction of sp³-hybridized carbons (Fsp3) is 0.125. The van der Waals surface area contributed by atoms with Crippen molar-refractivity contribution in [3.05, 3.63) is 64.7 Å². The quantitative estimate of drug-likeness (QED) is 0.874. The molecule has 0 aromatic heterocycles. The van der Waals surface area contributed by atoms with Gasteiger partial charge >= 0.3 is 0 Å². The summed E-state index contributed by atoms with van der Waals surface area (Å²) in [6.45, 7) is 0. The monoisotopic (exact) mass is 329 g/mol. The minimum atomic E-state index is -0.861. The second-order valence-corrected chi connectivity index (χ2v) is 6.84. The molecule has 6 heteroatoms. The van der Waals surface area contributed by atoms with Gasteiger partial charge < -0.3 is 4.90 Å². The molecule has 2 aromatic rings. The first-order valence-electron chi connectivity index (χ1n) is 6.79. The topological polar surface area (TPSA) is 44.7 Å². The van der Waals surface area contributed by atoms with E-state index >= 15 is 0 Å². The van der Waals surface area contributed by atoms with E-state index < -0.39 is 4.87 Å². The van der Waals surface area contributed by atoms with Crippen LogP contribution < -0.4 is 10.3 Å². The molecule has 4 nitrogen and oxygen atoms in total. The summed E-state index contributed by atoms with van der Waals surface area (Å²) >= 11 is 7.36. The molecule has 1 amide bonds. The van der Waals surface area contributed by atoms with Crippen LogP contribution >= 0.6 is 23.4 Å². The number of fused-ring (bicyclic) bond motifs is 2. The molecule has 2 aliphatic rings. The van der Waals surface area contributed by atoms with Crippen LogP contribution in [0.2, 0.25) is 5.02 Å². The average molecular weight is 330 g/mol. The van der Waals surface area contributed by atoms with Crippen LogP contribution in [0.4, 0.5) is 5.69 Å². The Morgan fingerprint density at radius 3 is 2.68 bits per heavy atom. The molecule has 4 rings (SSSR count). The second kappa shape index (κ2) is 4.76. The molecule has 22 heavy (non-hydrogen) atoms. The third-order valence-electron chi connectivity index (χ3n) is 3.91.